The molecular formula is C15H13BrF3N3. The third-order valence-corrected chi connectivity index (χ3v) is 4.36. The third-order valence-electron chi connectivity index (χ3n) is 3.67. The summed E-state index contributed by atoms with van der Waals surface area (Å²) in [5, 5.41) is 3.13. The molecule has 22 heavy (non-hydrogen) atoms. The first-order chi connectivity index (χ1) is 10.4. The third kappa shape index (κ3) is 3.09. The van der Waals surface area contributed by atoms with Crippen LogP contribution < -0.4 is 5.32 Å². The van der Waals surface area contributed by atoms with Crippen molar-refractivity contribution in [1.82, 2.24) is 9.97 Å². The van der Waals surface area contributed by atoms with Crippen LogP contribution in [0.1, 0.15) is 28.8 Å². The van der Waals surface area contributed by atoms with Crippen LogP contribution in [0.15, 0.2) is 29.0 Å². The van der Waals surface area contributed by atoms with Crippen LogP contribution in [0, 0.1) is 0 Å². The fourth-order valence-electron chi connectivity index (χ4n) is 2.60. The summed E-state index contributed by atoms with van der Waals surface area (Å²) in [6.07, 6.45) is 0.00904. The first-order valence-corrected chi connectivity index (χ1v) is 7.66. The predicted molar refractivity (Wildman–Crippen MR) is 80.5 cm³/mol. The van der Waals surface area contributed by atoms with Crippen molar-refractivity contribution in [3.63, 3.8) is 0 Å². The largest absolute Gasteiger partial charge is 0.417 e. The van der Waals surface area contributed by atoms with Gasteiger partial charge in [-0.15, -0.1) is 0 Å². The molecular weight excluding hydrogens is 359 g/mol. The molecule has 3 nitrogen and oxygen atoms in total. The number of nitrogens with zero attached hydrogens (tertiary/aromatic N) is 2. The maximum atomic E-state index is 12.9. The Morgan fingerprint density at radius 2 is 2.00 bits per heavy atom. The van der Waals surface area contributed by atoms with E-state index >= 15 is 0 Å². The molecule has 1 N–H and O–H groups in total. The normalized spacial score (nSPS) is 14.0. The zero-order valence-corrected chi connectivity index (χ0v) is 13.1. The number of rotatable bonds is 3. The molecule has 1 heterocycles. The summed E-state index contributed by atoms with van der Waals surface area (Å²) in [5.74, 6) is 0.721. The summed E-state index contributed by atoms with van der Waals surface area (Å²) in [7, 11) is 0. The van der Waals surface area contributed by atoms with Crippen LogP contribution >= 0.6 is 15.9 Å². The van der Waals surface area contributed by atoms with Crippen LogP contribution in [0.3, 0.4) is 0 Å². The number of aromatic nitrogens is 2. The number of benzene rings is 1. The summed E-state index contributed by atoms with van der Waals surface area (Å²) < 4.78 is 38.8. The lowest BCUT2D eigenvalue weighted by molar-refractivity contribution is -0.138. The highest BCUT2D eigenvalue weighted by Crippen LogP contribution is 2.35. The van der Waals surface area contributed by atoms with Crippen LogP contribution in [0.5, 0.6) is 0 Å². The molecule has 0 bridgehead atoms. The highest BCUT2D eigenvalue weighted by molar-refractivity contribution is 9.10. The zero-order valence-electron chi connectivity index (χ0n) is 11.5. The van der Waals surface area contributed by atoms with E-state index in [0.29, 0.717) is 12.1 Å². The number of alkyl halides is 3. The number of hydrogen-bond acceptors (Lipinski definition) is 3. The second-order valence-corrected chi connectivity index (χ2v) is 6.02. The van der Waals surface area contributed by atoms with Gasteiger partial charge in [-0.1, -0.05) is 22.0 Å². The van der Waals surface area contributed by atoms with Gasteiger partial charge in [-0.3, -0.25) is 0 Å². The maximum Gasteiger partial charge on any atom is 0.417 e. The van der Waals surface area contributed by atoms with E-state index in [2.05, 4.69) is 31.2 Å². The smallest absolute Gasteiger partial charge is 0.366 e. The van der Waals surface area contributed by atoms with E-state index < -0.39 is 11.7 Å². The van der Waals surface area contributed by atoms with Gasteiger partial charge in [-0.2, -0.15) is 13.2 Å². The Hall–Kier alpha value is -1.63. The molecule has 0 spiro atoms. The van der Waals surface area contributed by atoms with E-state index in [-0.39, 0.29) is 4.47 Å². The standard InChI is InChI=1S/C15H13BrF3N3/c16-12-5-4-9(6-11(12)15(17,18)19)7-20-14-10-2-1-3-13(10)21-8-22-14/h4-6,8H,1-3,7H2,(H,20,21,22). The SMILES string of the molecule is FC(F)(F)c1cc(CNc2ncnc3c2CCC3)ccc1Br. The lowest BCUT2D eigenvalue weighted by Gasteiger charge is -2.13. The summed E-state index contributed by atoms with van der Waals surface area (Å²) in [6, 6.07) is 4.23. The molecule has 0 atom stereocenters. The minimum atomic E-state index is -4.37. The minimum absolute atomic E-state index is 0.0478. The molecule has 0 unspecified atom stereocenters. The number of halogens is 4. The highest BCUT2D eigenvalue weighted by Gasteiger charge is 2.33. The molecule has 116 valence electrons. The number of aryl methyl sites for hydroxylation is 1. The van der Waals surface area contributed by atoms with Gasteiger partial charge >= 0.3 is 6.18 Å². The molecule has 0 fully saturated rings. The quantitative estimate of drug-likeness (QED) is 0.870. The topological polar surface area (TPSA) is 37.8 Å². The van der Waals surface area contributed by atoms with Crippen molar-refractivity contribution in [2.75, 3.05) is 5.32 Å². The van der Waals surface area contributed by atoms with Gasteiger partial charge in [-0.05, 0) is 37.0 Å². The van der Waals surface area contributed by atoms with Crippen molar-refractivity contribution in [2.24, 2.45) is 0 Å². The van der Waals surface area contributed by atoms with Crippen LogP contribution in [0.25, 0.3) is 0 Å². The molecule has 0 saturated heterocycles. The zero-order chi connectivity index (χ0) is 15.7. The van der Waals surface area contributed by atoms with Gasteiger partial charge in [0.2, 0.25) is 0 Å². The highest BCUT2D eigenvalue weighted by atomic mass is 79.9. The molecule has 7 heteroatoms. The number of anilines is 1. The average Bonchev–Trinajstić information content (AvgIpc) is 2.94. The second kappa shape index (κ2) is 5.87. The van der Waals surface area contributed by atoms with E-state index in [9.17, 15) is 13.2 Å². The molecule has 0 amide bonds. The van der Waals surface area contributed by atoms with E-state index in [1.54, 1.807) is 6.07 Å². The summed E-state index contributed by atoms with van der Waals surface area (Å²) in [5.41, 5.74) is 2.00. The molecule has 2 aromatic rings. The number of fused-ring (bicyclic) bond motifs is 1. The molecule has 0 aliphatic heterocycles. The Morgan fingerprint density at radius 3 is 2.77 bits per heavy atom. The fourth-order valence-corrected chi connectivity index (χ4v) is 3.07. The van der Waals surface area contributed by atoms with Gasteiger partial charge in [0.25, 0.3) is 0 Å². The Bertz CT molecular complexity index is 701. The van der Waals surface area contributed by atoms with Crippen LogP contribution in [0.4, 0.5) is 19.0 Å². The van der Waals surface area contributed by atoms with E-state index in [1.807, 2.05) is 0 Å². The summed E-state index contributed by atoms with van der Waals surface area (Å²) in [6.45, 7) is 0.291. The Balaban J connectivity index is 1.79. The fraction of sp³-hybridized carbons (Fsp3) is 0.333. The Labute approximate surface area is 134 Å². The molecule has 3 rings (SSSR count). The van der Waals surface area contributed by atoms with Crippen LogP contribution in [0.2, 0.25) is 0 Å². The first kappa shape index (κ1) is 15.3. The molecule has 1 aromatic carbocycles. The Morgan fingerprint density at radius 1 is 1.18 bits per heavy atom. The lowest BCUT2D eigenvalue weighted by atomic mass is 10.1. The molecule has 0 saturated carbocycles. The number of nitrogens with one attached hydrogen (secondary N) is 1. The van der Waals surface area contributed by atoms with Gasteiger partial charge in [-0.25, -0.2) is 9.97 Å². The average molecular weight is 372 g/mol. The molecule has 1 aliphatic carbocycles. The monoisotopic (exact) mass is 371 g/mol. The van der Waals surface area contributed by atoms with Crippen molar-refractivity contribution in [2.45, 2.75) is 32.0 Å². The minimum Gasteiger partial charge on any atom is -0.366 e. The van der Waals surface area contributed by atoms with Crippen molar-refractivity contribution < 1.29 is 13.2 Å². The van der Waals surface area contributed by atoms with E-state index in [1.165, 1.54) is 12.4 Å². The van der Waals surface area contributed by atoms with Crippen LogP contribution in [-0.2, 0) is 25.6 Å². The van der Waals surface area contributed by atoms with Crippen molar-refractivity contribution in [3.05, 3.63) is 51.4 Å². The Kier molecular flexibility index (Phi) is 4.08. The van der Waals surface area contributed by atoms with Gasteiger partial charge in [0.15, 0.2) is 0 Å². The summed E-state index contributed by atoms with van der Waals surface area (Å²) in [4.78, 5) is 8.43. The van der Waals surface area contributed by atoms with Gasteiger partial charge in [0.05, 0.1) is 5.56 Å². The molecule has 1 aromatic heterocycles. The van der Waals surface area contributed by atoms with Crippen molar-refractivity contribution in [1.29, 1.82) is 0 Å². The van der Waals surface area contributed by atoms with Gasteiger partial charge in [0, 0.05) is 22.3 Å². The lowest BCUT2D eigenvalue weighted by Crippen LogP contribution is -2.09. The van der Waals surface area contributed by atoms with Gasteiger partial charge < -0.3 is 5.32 Å². The van der Waals surface area contributed by atoms with Crippen LogP contribution in [-0.4, -0.2) is 9.97 Å². The number of hydrogen-bond donors (Lipinski definition) is 1. The summed E-state index contributed by atoms with van der Waals surface area (Å²) >= 11 is 2.94. The molecule has 1 aliphatic rings. The van der Waals surface area contributed by atoms with E-state index in [4.69, 9.17) is 0 Å². The first-order valence-electron chi connectivity index (χ1n) is 6.87. The maximum absolute atomic E-state index is 12.9. The molecule has 0 radical (unpaired) electrons. The predicted octanol–water partition coefficient (Wildman–Crippen LogP) is 4.36. The van der Waals surface area contributed by atoms with Gasteiger partial charge in [0.1, 0.15) is 12.1 Å². The second-order valence-electron chi connectivity index (χ2n) is 5.17. The van der Waals surface area contributed by atoms with Crippen molar-refractivity contribution in [3.8, 4) is 0 Å². The van der Waals surface area contributed by atoms with Crippen molar-refractivity contribution >= 4 is 21.7 Å². The van der Waals surface area contributed by atoms with E-state index in [0.717, 1.165) is 42.4 Å².